The lowest BCUT2D eigenvalue weighted by atomic mass is 10.6. The van der Waals surface area contributed by atoms with Gasteiger partial charge in [0, 0.05) is 12.2 Å². The van der Waals surface area contributed by atoms with Gasteiger partial charge in [-0.3, -0.25) is 0 Å². The molecule has 0 unspecified atom stereocenters. The number of thiol groups is 1. The Kier molecular flexibility index (Phi) is 1.45. The van der Waals surface area contributed by atoms with E-state index in [-0.39, 0.29) is 0 Å². The first-order chi connectivity index (χ1) is 3.21. The summed E-state index contributed by atoms with van der Waals surface area (Å²) in [5.74, 6) is 0. The molecular weight excluding hydrogens is 123 g/mol. The summed E-state index contributed by atoms with van der Waals surface area (Å²) in [7, 11) is 0. The van der Waals surface area contributed by atoms with Crippen molar-refractivity contribution >= 4 is 18.7 Å². The van der Waals surface area contributed by atoms with Gasteiger partial charge < -0.3 is 0 Å². The van der Waals surface area contributed by atoms with Gasteiger partial charge in [-0.05, 0) is 12.2 Å². The molecule has 0 nitrogen and oxygen atoms in total. The highest BCUT2D eigenvalue weighted by Crippen LogP contribution is 2.62. The van der Waals surface area contributed by atoms with Crippen molar-refractivity contribution in [1.82, 2.24) is 0 Å². The van der Waals surface area contributed by atoms with E-state index < -0.39 is 6.46 Å². The van der Waals surface area contributed by atoms with Crippen molar-refractivity contribution in [2.45, 2.75) is 0 Å². The summed E-state index contributed by atoms with van der Waals surface area (Å²) in [5, 5.41) is 0. The lowest BCUT2D eigenvalue weighted by molar-refractivity contribution is 1.78. The van der Waals surface area contributed by atoms with Crippen molar-refractivity contribution in [3.63, 3.8) is 0 Å². The van der Waals surface area contributed by atoms with E-state index in [1.165, 1.54) is 12.3 Å². The molecule has 40 valence electrons. The van der Waals surface area contributed by atoms with Gasteiger partial charge in [0.05, 0.1) is 25.5 Å². The van der Waals surface area contributed by atoms with Crippen LogP contribution in [0.15, 0.2) is 12.2 Å². The molecule has 0 amide bonds. The largest absolute Gasteiger partial charge is 0.0876 e. The van der Waals surface area contributed by atoms with Crippen LogP contribution in [0.5, 0.6) is 0 Å². The minimum Gasteiger partial charge on any atom is -0.0471 e. The van der Waals surface area contributed by atoms with Crippen molar-refractivity contribution in [3.8, 4) is 0 Å². The minimum atomic E-state index is -0.710. The van der Waals surface area contributed by atoms with Crippen LogP contribution in [0.2, 0.25) is 0 Å². The van der Waals surface area contributed by atoms with Gasteiger partial charge in [0.25, 0.3) is 0 Å². The third kappa shape index (κ3) is 1.47. The summed E-state index contributed by atoms with van der Waals surface area (Å²) in [4.78, 5) is 0. The summed E-state index contributed by atoms with van der Waals surface area (Å²) in [6, 6.07) is 0. The van der Waals surface area contributed by atoms with E-state index in [1.807, 2.05) is 0 Å². The molecule has 1 rings (SSSR count). The zero-order valence-electron chi connectivity index (χ0n) is 4.46. The Morgan fingerprint density at radius 3 is 2.00 bits per heavy atom. The smallest absolute Gasteiger partial charge is 0.0471 e. The number of rotatable bonds is 0. The highest BCUT2D eigenvalue weighted by molar-refractivity contribution is 8.53. The predicted octanol–water partition coefficient (Wildman–Crippen LogP) is 2.05. The van der Waals surface area contributed by atoms with Crippen molar-refractivity contribution < 1.29 is 0 Å². The van der Waals surface area contributed by atoms with Gasteiger partial charge in [0.2, 0.25) is 0 Å². The molecule has 1 heterocycles. The van der Waals surface area contributed by atoms with Crippen molar-refractivity contribution in [2.75, 3.05) is 19.0 Å². The fraction of sp³-hybridized carbons (Fsp3) is 0.600. The number of hydrogen-bond acceptors (Lipinski definition) is 1. The SMILES string of the molecule is C[P+]1(S)CC=CC1. The topological polar surface area (TPSA) is 0 Å². The van der Waals surface area contributed by atoms with Crippen LogP contribution in [0, 0.1) is 0 Å². The zero-order chi connectivity index (χ0) is 5.33. The highest BCUT2D eigenvalue weighted by atomic mass is 32.7. The van der Waals surface area contributed by atoms with Gasteiger partial charge in [-0.15, -0.1) is 0 Å². The molecule has 0 bridgehead atoms. The van der Waals surface area contributed by atoms with E-state index in [1.54, 1.807) is 0 Å². The molecule has 0 saturated heterocycles. The van der Waals surface area contributed by atoms with E-state index >= 15 is 0 Å². The van der Waals surface area contributed by atoms with E-state index in [2.05, 4.69) is 31.1 Å². The summed E-state index contributed by atoms with van der Waals surface area (Å²) < 4.78 is 0. The van der Waals surface area contributed by atoms with E-state index in [4.69, 9.17) is 0 Å². The average Bonchev–Trinajstić information content (AvgIpc) is 1.84. The monoisotopic (exact) mass is 133 g/mol. The second kappa shape index (κ2) is 1.80. The molecule has 0 radical (unpaired) electrons. The van der Waals surface area contributed by atoms with Crippen LogP contribution in [-0.4, -0.2) is 19.0 Å². The fourth-order valence-electron chi connectivity index (χ4n) is 0.678. The standard InChI is InChI=1S/C5H10PS/c1-6(7)4-2-3-5-6/h2-3,7H,4-5H2,1H3/q+1. The minimum absolute atomic E-state index is 0.710. The maximum Gasteiger partial charge on any atom is 0.0876 e. The van der Waals surface area contributed by atoms with Crippen LogP contribution in [0.3, 0.4) is 0 Å². The first-order valence-electron chi connectivity index (χ1n) is 2.43. The van der Waals surface area contributed by atoms with E-state index in [9.17, 15) is 0 Å². The molecule has 0 fully saturated rings. The highest BCUT2D eigenvalue weighted by Gasteiger charge is 2.26. The van der Waals surface area contributed by atoms with Gasteiger partial charge in [-0.2, -0.15) is 0 Å². The Morgan fingerprint density at radius 2 is 1.86 bits per heavy atom. The van der Waals surface area contributed by atoms with Crippen LogP contribution >= 0.6 is 18.7 Å². The van der Waals surface area contributed by atoms with Crippen LogP contribution < -0.4 is 0 Å². The van der Waals surface area contributed by atoms with Crippen molar-refractivity contribution in [3.05, 3.63) is 12.2 Å². The summed E-state index contributed by atoms with van der Waals surface area (Å²) in [6.07, 6.45) is 6.97. The molecule has 0 aromatic heterocycles. The van der Waals surface area contributed by atoms with E-state index in [0.29, 0.717) is 0 Å². The second-order valence-corrected chi connectivity index (χ2v) is 8.48. The predicted molar refractivity (Wildman–Crippen MR) is 40.7 cm³/mol. The van der Waals surface area contributed by atoms with Gasteiger partial charge in [0.15, 0.2) is 0 Å². The Hall–Kier alpha value is 0.520. The van der Waals surface area contributed by atoms with Crippen molar-refractivity contribution in [2.24, 2.45) is 0 Å². The van der Waals surface area contributed by atoms with Gasteiger partial charge in [0.1, 0.15) is 0 Å². The van der Waals surface area contributed by atoms with Crippen molar-refractivity contribution in [1.29, 1.82) is 0 Å². The molecule has 1 aliphatic heterocycles. The van der Waals surface area contributed by atoms with E-state index in [0.717, 1.165) is 0 Å². The maximum atomic E-state index is 4.50. The third-order valence-corrected chi connectivity index (χ3v) is 4.14. The fourth-order valence-corrected chi connectivity index (χ4v) is 2.60. The zero-order valence-corrected chi connectivity index (χ0v) is 6.25. The van der Waals surface area contributed by atoms with Crippen LogP contribution in [0.1, 0.15) is 0 Å². The number of allylic oxidation sites excluding steroid dienone is 2. The summed E-state index contributed by atoms with van der Waals surface area (Å²) in [6.45, 7) is 1.56. The quantitative estimate of drug-likeness (QED) is 0.292. The van der Waals surface area contributed by atoms with Crippen LogP contribution in [0.4, 0.5) is 0 Å². The molecule has 0 N–H and O–H groups in total. The molecule has 0 aromatic rings. The molecule has 1 aliphatic rings. The van der Waals surface area contributed by atoms with Crippen LogP contribution in [0.25, 0.3) is 0 Å². The van der Waals surface area contributed by atoms with Gasteiger partial charge in [-0.1, -0.05) is 0 Å². The molecular formula is C5H10PS+. The van der Waals surface area contributed by atoms with Crippen LogP contribution in [-0.2, 0) is 0 Å². The maximum absolute atomic E-state index is 4.50. The lowest BCUT2D eigenvalue weighted by Crippen LogP contribution is -1.80. The molecule has 2 heteroatoms. The lowest BCUT2D eigenvalue weighted by Gasteiger charge is -2.03. The molecule has 7 heavy (non-hydrogen) atoms. The molecule has 0 aromatic carbocycles. The third-order valence-electron chi connectivity index (χ3n) is 1.16. The summed E-state index contributed by atoms with van der Waals surface area (Å²) >= 11 is 4.50. The average molecular weight is 133 g/mol. The number of hydrogen-bond donors (Lipinski definition) is 1. The molecule has 0 spiro atoms. The molecule has 0 saturated carbocycles. The first kappa shape index (κ1) is 5.65. The Balaban J connectivity index is 2.49. The normalized spacial score (nSPS) is 26.0. The first-order valence-corrected chi connectivity index (χ1v) is 6.19. The summed E-state index contributed by atoms with van der Waals surface area (Å²) in [5.41, 5.74) is 0. The Labute approximate surface area is 50.5 Å². The van der Waals surface area contributed by atoms with Gasteiger partial charge in [-0.25, -0.2) is 0 Å². The molecule has 0 aliphatic carbocycles. The molecule has 0 atom stereocenters. The Morgan fingerprint density at radius 1 is 1.43 bits per heavy atom. The Bertz CT molecular complexity index is 86.3. The second-order valence-electron chi connectivity index (χ2n) is 2.18. The van der Waals surface area contributed by atoms with Gasteiger partial charge >= 0.3 is 0 Å².